The van der Waals surface area contributed by atoms with Gasteiger partial charge in [0.15, 0.2) is 0 Å². The van der Waals surface area contributed by atoms with Crippen LogP contribution in [-0.4, -0.2) is 11.7 Å². The first-order valence-corrected chi connectivity index (χ1v) is 7.34. The minimum Gasteiger partial charge on any atom is -0.327 e. The Balaban J connectivity index is 0. The topological polar surface area (TPSA) is 26.0 Å². The fourth-order valence-corrected chi connectivity index (χ4v) is 2.08. The summed E-state index contributed by atoms with van der Waals surface area (Å²) in [6.07, 6.45) is 8.14. The van der Waals surface area contributed by atoms with Gasteiger partial charge in [-0.15, -0.1) is 9.24 Å². The lowest BCUT2D eigenvalue weighted by molar-refractivity contribution is 0.586. The van der Waals surface area contributed by atoms with Crippen molar-refractivity contribution in [2.45, 2.75) is 59.2 Å². The molecule has 0 spiro atoms. The second-order valence-electron chi connectivity index (χ2n) is 3.48. The highest BCUT2D eigenvalue weighted by Gasteiger charge is 2.23. The molecule has 1 aliphatic rings. The van der Waals surface area contributed by atoms with Crippen LogP contribution in [0.15, 0.2) is 36.0 Å². The zero-order valence-electron chi connectivity index (χ0n) is 12.2. The molecule has 1 fully saturated rings. The smallest absolute Gasteiger partial charge is 0.0146 e. The molecule has 3 atom stereocenters. The lowest BCUT2D eigenvalue weighted by atomic mass is 9.85. The summed E-state index contributed by atoms with van der Waals surface area (Å²) in [5.74, 6) is 0. The number of hydrogen-bond donors (Lipinski definition) is 1. The highest BCUT2D eigenvalue weighted by atomic mass is 31.0. The number of rotatable bonds is 1. The molecular formula is C15H30NP. The van der Waals surface area contributed by atoms with Crippen molar-refractivity contribution in [3.8, 4) is 0 Å². The Morgan fingerprint density at radius 1 is 1.18 bits per heavy atom. The molecule has 0 saturated heterocycles. The van der Waals surface area contributed by atoms with Crippen LogP contribution in [0.25, 0.3) is 0 Å². The summed E-state index contributed by atoms with van der Waals surface area (Å²) in [7, 11) is 2.83. The van der Waals surface area contributed by atoms with Crippen molar-refractivity contribution in [1.29, 1.82) is 0 Å². The molecule has 0 aromatic carbocycles. The molecule has 1 rings (SSSR count). The van der Waals surface area contributed by atoms with Gasteiger partial charge < -0.3 is 5.73 Å². The van der Waals surface area contributed by atoms with Crippen molar-refractivity contribution >= 4 is 9.24 Å². The normalized spacial score (nSPS) is 27.7. The molecule has 100 valence electrons. The van der Waals surface area contributed by atoms with E-state index in [1.54, 1.807) is 0 Å². The summed E-state index contributed by atoms with van der Waals surface area (Å²) in [6.45, 7) is 13.8. The fourth-order valence-electron chi connectivity index (χ4n) is 1.69. The second-order valence-corrected chi connectivity index (χ2v) is 4.33. The van der Waals surface area contributed by atoms with Crippen molar-refractivity contribution in [3.63, 3.8) is 0 Å². The summed E-state index contributed by atoms with van der Waals surface area (Å²) in [4.78, 5) is 0. The van der Waals surface area contributed by atoms with E-state index in [4.69, 9.17) is 5.73 Å². The molecule has 0 aliphatic heterocycles. The van der Waals surface area contributed by atoms with Crippen LogP contribution in [0.2, 0.25) is 0 Å². The first kappa shape index (κ1) is 19.0. The van der Waals surface area contributed by atoms with E-state index < -0.39 is 0 Å². The van der Waals surface area contributed by atoms with Crippen LogP contribution in [0.3, 0.4) is 0 Å². The van der Waals surface area contributed by atoms with Crippen molar-refractivity contribution in [2.75, 3.05) is 0 Å². The van der Waals surface area contributed by atoms with E-state index >= 15 is 0 Å². The number of hydrogen-bond acceptors (Lipinski definition) is 1. The van der Waals surface area contributed by atoms with Gasteiger partial charge in [0.05, 0.1) is 0 Å². The molecule has 0 aromatic rings. The van der Waals surface area contributed by atoms with E-state index in [-0.39, 0.29) is 6.04 Å². The van der Waals surface area contributed by atoms with Crippen molar-refractivity contribution in [1.82, 2.24) is 0 Å². The van der Waals surface area contributed by atoms with Gasteiger partial charge in [-0.2, -0.15) is 0 Å². The van der Waals surface area contributed by atoms with Gasteiger partial charge in [0, 0.05) is 6.04 Å². The van der Waals surface area contributed by atoms with Crippen molar-refractivity contribution in [2.24, 2.45) is 5.73 Å². The van der Waals surface area contributed by atoms with Crippen LogP contribution in [0.5, 0.6) is 0 Å². The first-order chi connectivity index (χ1) is 8.19. The van der Waals surface area contributed by atoms with Crippen molar-refractivity contribution in [3.05, 3.63) is 36.0 Å². The highest BCUT2D eigenvalue weighted by Crippen LogP contribution is 2.32. The third-order valence-corrected chi connectivity index (χ3v) is 3.27. The van der Waals surface area contributed by atoms with E-state index in [0.29, 0.717) is 5.66 Å². The van der Waals surface area contributed by atoms with E-state index in [0.717, 1.165) is 12.8 Å². The summed E-state index contributed by atoms with van der Waals surface area (Å²) in [5.41, 5.74) is 9.28. The van der Waals surface area contributed by atoms with Crippen LogP contribution in [0, 0.1) is 0 Å². The minimum absolute atomic E-state index is 0.278. The lowest BCUT2D eigenvalue weighted by Gasteiger charge is -2.29. The van der Waals surface area contributed by atoms with Crippen LogP contribution >= 0.6 is 9.24 Å². The van der Waals surface area contributed by atoms with Gasteiger partial charge in [0.1, 0.15) is 0 Å². The van der Waals surface area contributed by atoms with Gasteiger partial charge in [0.25, 0.3) is 0 Å². The van der Waals surface area contributed by atoms with E-state index in [1.807, 2.05) is 33.8 Å². The first-order valence-electron chi connectivity index (χ1n) is 6.67. The van der Waals surface area contributed by atoms with Gasteiger partial charge in [-0.1, -0.05) is 52.5 Å². The molecule has 0 aromatic heterocycles. The third kappa shape index (κ3) is 6.81. The average molecular weight is 255 g/mol. The predicted octanol–water partition coefficient (Wildman–Crippen LogP) is 4.46. The SMILES string of the molecule is C=C/C=C1/CC(N)C(P)C/C1=C/C.CC.CC. The molecule has 0 amide bonds. The van der Waals surface area contributed by atoms with E-state index in [1.165, 1.54) is 11.1 Å². The zero-order chi connectivity index (χ0) is 13.8. The fraction of sp³-hybridized carbons (Fsp3) is 0.600. The van der Waals surface area contributed by atoms with Crippen LogP contribution in [0.1, 0.15) is 47.5 Å². The minimum atomic E-state index is 0.278. The molecule has 1 aliphatic carbocycles. The van der Waals surface area contributed by atoms with E-state index in [9.17, 15) is 0 Å². The lowest BCUT2D eigenvalue weighted by Crippen LogP contribution is -2.35. The van der Waals surface area contributed by atoms with Crippen LogP contribution < -0.4 is 5.73 Å². The summed E-state index contributed by atoms with van der Waals surface area (Å²) < 4.78 is 0. The molecule has 1 nitrogen and oxygen atoms in total. The third-order valence-electron chi connectivity index (χ3n) is 2.54. The highest BCUT2D eigenvalue weighted by molar-refractivity contribution is 7.17. The Labute approximate surface area is 110 Å². The molecule has 0 bridgehead atoms. The van der Waals surface area contributed by atoms with Gasteiger partial charge in [-0.25, -0.2) is 0 Å². The van der Waals surface area contributed by atoms with Crippen LogP contribution in [-0.2, 0) is 0 Å². The van der Waals surface area contributed by atoms with E-state index in [2.05, 4.69) is 34.9 Å². The molecule has 2 heteroatoms. The molecule has 1 saturated carbocycles. The Morgan fingerprint density at radius 2 is 1.71 bits per heavy atom. The second kappa shape index (κ2) is 12.1. The number of nitrogens with two attached hydrogens (primary N) is 1. The van der Waals surface area contributed by atoms with Gasteiger partial charge in [0.2, 0.25) is 0 Å². The largest absolute Gasteiger partial charge is 0.327 e. The molecular weight excluding hydrogens is 225 g/mol. The standard InChI is InChI=1S/C11H18NP.2C2H6/c1-3-5-9-6-10(12)11(13)7-8(9)4-2;2*1-2/h3-5,10-11H,1,6-7,12-13H2,2H3;2*1-2H3/b8-4-,9-5-;;. The molecule has 17 heavy (non-hydrogen) atoms. The van der Waals surface area contributed by atoms with Crippen molar-refractivity contribution < 1.29 is 0 Å². The maximum atomic E-state index is 5.99. The summed E-state index contributed by atoms with van der Waals surface area (Å²) in [6, 6.07) is 0.278. The molecule has 0 radical (unpaired) electrons. The Kier molecular flexibility index (Phi) is 13.5. The van der Waals surface area contributed by atoms with Gasteiger partial charge in [-0.3, -0.25) is 0 Å². The monoisotopic (exact) mass is 255 g/mol. The summed E-state index contributed by atoms with van der Waals surface area (Å²) >= 11 is 0. The van der Waals surface area contributed by atoms with Gasteiger partial charge >= 0.3 is 0 Å². The maximum absolute atomic E-state index is 5.99. The molecule has 0 heterocycles. The molecule has 3 unspecified atom stereocenters. The number of allylic oxidation sites excluding steroid dienone is 4. The Bertz CT molecular complexity index is 254. The van der Waals surface area contributed by atoms with Crippen LogP contribution in [0.4, 0.5) is 0 Å². The average Bonchev–Trinajstić information content (AvgIpc) is 2.38. The predicted molar refractivity (Wildman–Crippen MR) is 85.4 cm³/mol. The Morgan fingerprint density at radius 3 is 2.12 bits per heavy atom. The quantitative estimate of drug-likeness (QED) is 0.688. The maximum Gasteiger partial charge on any atom is 0.0146 e. The Hall–Kier alpha value is -0.390. The summed E-state index contributed by atoms with van der Waals surface area (Å²) in [5, 5.41) is 0. The zero-order valence-corrected chi connectivity index (χ0v) is 13.3. The molecule has 2 N–H and O–H groups in total. The van der Waals surface area contributed by atoms with Gasteiger partial charge in [-0.05, 0) is 36.6 Å².